The van der Waals surface area contributed by atoms with Gasteiger partial charge in [0.15, 0.2) is 0 Å². The van der Waals surface area contributed by atoms with Gasteiger partial charge in [0.25, 0.3) is 0 Å². The van der Waals surface area contributed by atoms with Gasteiger partial charge in [-0.15, -0.1) is 6.58 Å². The van der Waals surface area contributed by atoms with Gasteiger partial charge in [0.1, 0.15) is 5.82 Å². The quantitative estimate of drug-likeness (QED) is 0.821. The van der Waals surface area contributed by atoms with Crippen LogP contribution in [0, 0.1) is 5.82 Å². The van der Waals surface area contributed by atoms with Crippen molar-refractivity contribution in [3.8, 4) is 0 Å². The number of nitrogens with zero attached hydrogens (tertiary/aromatic N) is 1. The molecule has 0 aromatic heterocycles. The fourth-order valence-electron chi connectivity index (χ4n) is 2.07. The molecule has 1 rings (SSSR count). The van der Waals surface area contributed by atoms with Crippen molar-refractivity contribution in [3.05, 3.63) is 42.2 Å². The zero-order valence-corrected chi connectivity index (χ0v) is 13.8. The Kier molecular flexibility index (Phi) is 5.67. The van der Waals surface area contributed by atoms with Crippen molar-refractivity contribution < 1.29 is 12.8 Å². The number of benzene rings is 1. The third-order valence-corrected chi connectivity index (χ3v) is 5.22. The summed E-state index contributed by atoms with van der Waals surface area (Å²) >= 11 is 0. The summed E-state index contributed by atoms with van der Waals surface area (Å²) in [4.78, 5) is -0.00590. The number of sulfonamides is 1. The molecule has 1 aromatic rings. The molecule has 0 amide bonds. The van der Waals surface area contributed by atoms with Crippen LogP contribution in [0.3, 0.4) is 0 Å². The van der Waals surface area contributed by atoms with E-state index in [-0.39, 0.29) is 11.4 Å². The number of halogens is 1. The first-order valence-corrected chi connectivity index (χ1v) is 8.15. The SMILES string of the molecule is C=CCN(C(C)(C)C)S(=O)(=O)c1cc(F)ccc1CNC. The van der Waals surface area contributed by atoms with Gasteiger partial charge < -0.3 is 5.32 Å². The Morgan fingerprint density at radius 2 is 2.00 bits per heavy atom. The van der Waals surface area contributed by atoms with E-state index in [2.05, 4.69) is 11.9 Å². The Morgan fingerprint density at radius 1 is 1.38 bits per heavy atom. The van der Waals surface area contributed by atoms with E-state index in [4.69, 9.17) is 0 Å². The molecule has 118 valence electrons. The van der Waals surface area contributed by atoms with Crippen LogP contribution in [0.5, 0.6) is 0 Å². The van der Waals surface area contributed by atoms with Gasteiger partial charge in [0, 0.05) is 18.6 Å². The molecule has 0 aliphatic heterocycles. The summed E-state index contributed by atoms with van der Waals surface area (Å²) in [6.07, 6.45) is 1.53. The molecule has 0 saturated heterocycles. The normalized spacial score (nSPS) is 12.7. The van der Waals surface area contributed by atoms with Gasteiger partial charge in [0.05, 0.1) is 4.90 Å². The molecular formula is C15H23FN2O2S. The van der Waals surface area contributed by atoms with Gasteiger partial charge in [-0.2, -0.15) is 4.31 Å². The van der Waals surface area contributed by atoms with Crippen LogP contribution >= 0.6 is 0 Å². The Bertz CT molecular complexity index is 607. The lowest BCUT2D eigenvalue weighted by molar-refractivity contribution is 0.269. The van der Waals surface area contributed by atoms with Crippen LogP contribution in [0.25, 0.3) is 0 Å². The molecule has 0 bridgehead atoms. The standard InChI is InChI=1S/C15H23FN2O2S/c1-6-9-18(15(2,3)4)21(19,20)14-10-13(16)8-7-12(14)11-17-5/h6-8,10,17H,1,9,11H2,2-5H3. The Balaban J connectivity index is 3.47. The third kappa shape index (κ3) is 4.12. The number of nitrogens with one attached hydrogen (secondary N) is 1. The van der Waals surface area contributed by atoms with Crippen LogP contribution in [0.15, 0.2) is 35.7 Å². The smallest absolute Gasteiger partial charge is 0.244 e. The molecule has 0 aliphatic carbocycles. The fraction of sp³-hybridized carbons (Fsp3) is 0.467. The van der Waals surface area contributed by atoms with Crippen molar-refractivity contribution in [2.45, 2.75) is 37.8 Å². The lowest BCUT2D eigenvalue weighted by Crippen LogP contribution is -2.45. The van der Waals surface area contributed by atoms with Crippen LogP contribution in [-0.2, 0) is 16.6 Å². The zero-order chi connectivity index (χ0) is 16.3. The molecule has 0 unspecified atom stereocenters. The van der Waals surface area contributed by atoms with Crippen molar-refractivity contribution >= 4 is 10.0 Å². The zero-order valence-electron chi connectivity index (χ0n) is 13.0. The van der Waals surface area contributed by atoms with Gasteiger partial charge >= 0.3 is 0 Å². The van der Waals surface area contributed by atoms with E-state index in [9.17, 15) is 12.8 Å². The van der Waals surface area contributed by atoms with E-state index in [1.807, 2.05) is 0 Å². The topological polar surface area (TPSA) is 49.4 Å². The summed E-state index contributed by atoms with van der Waals surface area (Å²) < 4.78 is 40.7. The maximum atomic E-state index is 13.5. The second-order valence-electron chi connectivity index (χ2n) is 5.78. The van der Waals surface area contributed by atoms with E-state index < -0.39 is 21.4 Å². The molecule has 0 fully saturated rings. The summed E-state index contributed by atoms with van der Waals surface area (Å²) in [6, 6.07) is 3.83. The molecule has 0 spiro atoms. The van der Waals surface area contributed by atoms with Crippen LogP contribution in [0.4, 0.5) is 4.39 Å². The van der Waals surface area contributed by atoms with E-state index >= 15 is 0 Å². The molecule has 1 aromatic carbocycles. The summed E-state index contributed by atoms with van der Waals surface area (Å²) in [5.74, 6) is -0.569. The third-order valence-electron chi connectivity index (χ3n) is 3.01. The van der Waals surface area contributed by atoms with E-state index in [0.29, 0.717) is 12.1 Å². The maximum Gasteiger partial charge on any atom is 0.244 e. The maximum absolute atomic E-state index is 13.5. The summed E-state index contributed by atoms with van der Waals surface area (Å²) in [5, 5.41) is 2.90. The molecule has 1 N–H and O–H groups in total. The summed E-state index contributed by atoms with van der Waals surface area (Å²) in [6.45, 7) is 9.51. The van der Waals surface area contributed by atoms with Crippen molar-refractivity contribution in [3.63, 3.8) is 0 Å². The lowest BCUT2D eigenvalue weighted by Gasteiger charge is -2.34. The van der Waals surface area contributed by atoms with E-state index in [1.165, 1.54) is 22.5 Å². The predicted molar refractivity (Wildman–Crippen MR) is 83.0 cm³/mol. The number of hydrogen-bond donors (Lipinski definition) is 1. The molecule has 0 heterocycles. The molecule has 21 heavy (non-hydrogen) atoms. The molecule has 0 atom stereocenters. The van der Waals surface area contributed by atoms with Gasteiger partial charge in [-0.05, 0) is 45.5 Å². The highest BCUT2D eigenvalue weighted by Gasteiger charge is 2.34. The molecule has 0 radical (unpaired) electrons. The summed E-state index contributed by atoms with van der Waals surface area (Å²) in [7, 11) is -2.10. The first-order valence-electron chi connectivity index (χ1n) is 6.71. The minimum absolute atomic E-state index is 0.00590. The van der Waals surface area contributed by atoms with E-state index in [1.54, 1.807) is 27.8 Å². The Hall–Kier alpha value is -1.24. The molecule has 4 nitrogen and oxygen atoms in total. The molecular weight excluding hydrogens is 291 g/mol. The van der Waals surface area contributed by atoms with Crippen molar-refractivity contribution in [2.24, 2.45) is 0 Å². The average Bonchev–Trinajstić information content (AvgIpc) is 2.36. The summed E-state index contributed by atoms with van der Waals surface area (Å²) in [5.41, 5.74) is -0.0896. The second kappa shape index (κ2) is 6.68. The minimum atomic E-state index is -3.81. The van der Waals surface area contributed by atoms with Crippen LogP contribution in [0.2, 0.25) is 0 Å². The van der Waals surface area contributed by atoms with E-state index in [0.717, 1.165) is 6.07 Å². The van der Waals surface area contributed by atoms with Crippen LogP contribution < -0.4 is 5.32 Å². The fourth-order valence-corrected chi connectivity index (χ4v) is 4.07. The first kappa shape index (κ1) is 17.8. The van der Waals surface area contributed by atoms with Crippen molar-refractivity contribution in [1.82, 2.24) is 9.62 Å². The Morgan fingerprint density at radius 3 is 2.48 bits per heavy atom. The van der Waals surface area contributed by atoms with Crippen LogP contribution in [0.1, 0.15) is 26.3 Å². The van der Waals surface area contributed by atoms with Gasteiger partial charge in [-0.25, -0.2) is 12.8 Å². The van der Waals surface area contributed by atoms with Crippen LogP contribution in [-0.4, -0.2) is 31.9 Å². The second-order valence-corrected chi connectivity index (χ2v) is 7.61. The monoisotopic (exact) mass is 314 g/mol. The van der Waals surface area contributed by atoms with Crippen molar-refractivity contribution in [2.75, 3.05) is 13.6 Å². The van der Waals surface area contributed by atoms with Gasteiger partial charge in [-0.3, -0.25) is 0 Å². The highest BCUT2D eigenvalue weighted by molar-refractivity contribution is 7.89. The molecule has 0 aliphatic rings. The minimum Gasteiger partial charge on any atom is -0.316 e. The van der Waals surface area contributed by atoms with Gasteiger partial charge in [0.2, 0.25) is 10.0 Å². The largest absolute Gasteiger partial charge is 0.316 e. The molecule has 0 saturated carbocycles. The molecule has 6 heteroatoms. The average molecular weight is 314 g/mol. The van der Waals surface area contributed by atoms with Gasteiger partial charge in [-0.1, -0.05) is 12.1 Å². The van der Waals surface area contributed by atoms with Crippen molar-refractivity contribution in [1.29, 1.82) is 0 Å². The number of rotatable bonds is 6. The predicted octanol–water partition coefficient (Wildman–Crippen LogP) is 2.52. The Labute approximate surface area is 126 Å². The first-order chi connectivity index (χ1) is 9.64. The lowest BCUT2D eigenvalue weighted by atomic mass is 10.1. The highest BCUT2D eigenvalue weighted by Crippen LogP contribution is 2.27. The highest BCUT2D eigenvalue weighted by atomic mass is 32.2. The number of hydrogen-bond acceptors (Lipinski definition) is 3.